The number of H-pyrrole nitrogens is 1. The third-order valence-electron chi connectivity index (χ3n) is 2.08. The molecular weight excluding hydrogens is 202 g/mol. The molecule has 0 amide bonds. The molecule has 14 heavy (non-hydrogen) atoms. The summed E-state index contributed by atoms with van der Waals surface area (Å²) >= 11 is 5.81. The van der Waals surface area contributed by atoms with Gasteiger partial charge in [0.15, 0.2) is 0 Å². The minimum absolute atomic E-state index is 0.159. The molecule has 0 aliphatic rings. The second-order valence-corrected chi connectivity index (χ2v) is 3.34. The fourth-order valence-corrected chi connectivity index (χ4v) is 1.58. The molecule has 0 aliphatic carbocycles. The molecule has 5 heteroatoms. The lowest BCUT2D eigenvalue weighted by Gasteiger charge is -1.94. The van der Waals surface area contributed by atoms with Crippen molar-refractivity contribution in [3.05, 3.63) is 33.1 Å². The van der Waals surface area contributed by atoms with Crippen LogP contribution in [0.2, 0.25) is 5.02 Å². The number of hydrogen-bond acceptors (Lipinski definition) is 2. The Bertz CT molecular complexity index is 603. The lowest BCUT2D eigenvalue weighted by molar-refractivity contribution is 0.751. The van der Waals surface area contributed by atoms with Crippen LogP contribution in [0.25, 0.3) is 10.9 Å². The Morgan fingerprint density at radius 3 is 2.93 bits per heavy atom. The highest BCUT2D eigenvalue weighted by Crippen LogP contribution is 2.21. The van der Waals surface area contributed by atoms with E-state index in [0.717, 1.165) is 0 Å². The summed E-state index contributed by atoms with van der Waals surface area (Å²) in [5.41, 5.74) is 0.641. The Balaban J connectivity index is 3.05. The van der Waals surface area contributed by atoms with Crippen LogP contribution in [0, 0.1) is 11.3 Å². The van der Waals surface area contributed by atoms with Gasteiger partial charge in [0.05, 0.1) is 21.5 Å². The zero-order valence-electron chi connectivity index (χ0n) is 7.34. The van der Waals surface area contributed by atoms with Gasteiger partial charge >= 0.3 is 0 Å². The molecule has 0 aliphatic heterocycles. The van der Waals surface area contributed by atoms with Gasteiger partial charge in [-0.15, -0.1) is 0 Å². The van der Waals surface area contributed by atoms with E-state index in [0.29, 0.717) is 21.5 Å². The van der Waals surface area contributed by atoms with Gasteiger partial charge in [0.2, 0.25) is 0 Å². The number of aromatic amines is 1. The molecule has 0 fully saturated rings. The highest BCUT2D eigenvalue weighted by molar-refractivity contribution is 6.32. The number of fused-ring (bicyclic) bond motifs is 1. The number of aromatic nitrogens is 2. The van der Waals surface area contributed by atoms with Crippen molar-refractivity contribution >= 4 is 22.5 Å². The summed E-state index contributed by atoms with van der Waals surface area (Å²) in [6.07, 6.45) is 0. The second kappa shape index (κ2) is 2.89. The average molecular weight is 208 g/mol. The third-order valence-corrected chi connectivity index (χ3v) is 2.40. The number of nitriles is 1. The molecule has 2 rings (SSSR count). The first kappa shape index (κ1) is 8.85. The monoisotopic (exact) mass is 207 g/mol. The van der Waals surface area contributed by atoms with Gasteiger partial charge in [0.1, 0.15) is 6.07 Å². The van der Waals surface area contributed by atoms with Crippen LogP contribution in [-0.2, 0) is 7.05 Å². The quantitative estimate of drug-likeness (QED) is 0.710. The van der Waals surface area contributed by atoms with E-state index in [9.17, 15) is 4.79 Å². The second-order valence-electron chi connectivity index (χ2n) is 2.93. The smallest absolute Gasteiger partial charge is 0.274 e. The number of hydrogen-bond donors (Lipinski definition) is 1. The SMILES string of the molecule is Cn1[nH]c2c(C#N)c(Cl)ccc2c1=O. The van der Waals surface area contributed by atoms with Crippen molar-refractivity contribution in [3.63, 3.8) is 0 Å². The van der Waals surface area contributed by atoms with Gasteiger partial charge in [0.25, 0.3) is 5.56 Å². The average Bonchev–Trinajstić information content (AvgIpc) is 2.43. The van der Waals surface area contributed by atoms with Crippen LogP contribution in [0.4, 0.5) is 0 Å². The van der Waals surface area contributed by atoms with E-state index in [4.69, 9.17) is 16.9 Å². The van der Waals surface area contributed by atoms with Crippen molar-refractivity contribution in [2.24, 2.45) is 7.05 Å². The Morgan fingerprint density at radius 2 is 2.29 bits per heavy atom. The van der Waals surface area contributed by atoms with E-state index < -0.39 is 0 Å². The molecule has 70 valence electrons. The molecule has 4 nitrogen and oxygen atoms in total. The molecule has 0 spiro atoms. The van der Waals surface area contributed by atoms with Crippen LogP contribution in [0.1, 0.15) is 5.56 Å². The standard InChI is InChI=1S/C9H6ClN3O/c1-13-9(14)5-2-3-7(10)6(4-11)8(5)12-13/h2-3,12H,1H3. The van der Waals surface area contributed by atoms with Crippen LogP contribution in [-0.4, -0.2) is 9.78 Å². The van der Waals surface area contributed by atoms with Gasteiger partial charge in [0, 0.05) is 7.05 Å². The maximum absolute atomic E-state index is 11.5. The van der Waals surface area contributed by atoms with Gasteiger partial charge in [-0.05, 0) is 12.1 Å². The van der Waals surface area contributed by atoms with Gasteiger partial charge in [-0.1, -0.05) is 11.6 Å². The summed E-state index contributed by atoms with van der Waals surface area (Å²) in [4.78, 5) is 11.5. The summed E-state index contributed by atoms with van der Waals surface area (Å²) in [7, 11) is 1.59. The Hall–Kier alpha value is -1.73. The molecule has 0 saturated carbocycles. The maximum atomic E-state index is 11.5. The van der Waals surface area contributed by atoms with E-state index in [2.05, 4.69) is 5.10 Å². The normalized spacial score (nSPS) is 10.4. The molecule has 0 bridgehead atoms. The van der Waals surface area contributed by atoms with Crippen LogP contribution in [0.15, 0.2) is 16.9 Å². The van der Waals surface area contributed by atoms with Crippen molar-refractivity contribution in [1.82, 2.24) is 9.78 Å². The number of halogens is 1. The number of nitrogens with zero attached hydrogens (tertiary/aromatic N) is 2. The third kappa shape index (κ3) is 1.03. The van der Waals surface area contributed by atoms with Gasteiger partial charge in [-0.2, -0.15) is 5.26 Å². The molecule has 0 atom stereocenters. The first-order valence-corrected chi connectivity index (χ1v) is 4.30. The zero-order chi connectivity index (χ0) is 10.3. The molecule has 2 aromatic rings. The largest absolute Gasteiger partial charge is 0.294 e. The van der Waals surface area contributed by atoms with Gasteiger partial charge in [-0.25, -0.2) is 0 Å². The number of benzene rings is 1. The van der Waals surface area contributed by atoms with E-state index in [1.807, 2.05) is 6.07 Å². The van der Waals surface area contributed by atoms with E-state index in [-0.39, 0.29) is 5.56 Å². The summed E-state index contributed by atoms with van der Waals surface area (Å²) in [6, 6.07) is 5.13. The number of aryl methyl sites for hydroxylation is 1. The minimum Gasteiger partial charge on any atom is -0.294 e. The highest BCUT2D eigenvalue weighted by Gasteiger charge is 2.10. The molecule has 1 heterocycles. The Morgan fingerprint density at radius 1 is 1.57 bits per heavy atom. The first-order chi connectivity index (χ1) is 6.65. The molecule has 0 saturated heterocycles. The summed E-state index contributed by atoms with van der Waals surface area (Å²) < 4.78 is 1.32. The summed E-state index contributed by atoms with van der Waals surface area (Å²) in [6.45, 7) is 0. The van der Waals surface area contributed by atoms with E-state index >= 15 is 0 Å². The van der Waals surface area contributed by atoms with Crippen LogP contribution in [0.3, 0.4) is 0 Å². The Labute approximate surface area is 84.3 Å². The molecule has 1 N–H and O–H groups in total. The first-order valence-electron chi connectivity index (χ1n) is 3.92. The van der Waals surface area contributed by atoms with Crippen LogP contribution >= 0.6 is 11.6 Å². The van der Waals surface area contributed by atoms with Crippen LogP contribution < -0.4 is 5.56 Å². The van der Waals surface area contributed by atoms with Crippen molar-refractivity contribution in [3.8, 4) is 6.07 Å². The lowest BCUT2D eigenvalue weighted by Crippen LogP contribution is -2.10. The molecule has 0 unspecified atom stereocenters. The summed E-state index contributed by atoms with van der Waals surface area (Å²) in [5.74, 6) is 0. The highest BCUT2D eigenvalue weighted by atomic mass is 35.5. The molecule has 1 aromatic carbocycles. The predicted molar refractivity (Wildman–Crippen MR) is 53.3 cm³/mol. The lowest BCUT2D eigenvalue weighted by atomic mass is 10.1. The molecule has 0 radical (unpaired) electrons. The molecule has 1 aromatic heterocycles. The van der Waals surface area contributed by atoms with Gasteiger partial charge < -0.3 is 0 Å². The van der Waals surface area contributed by atoms with Crippen molar-refractivity contribution < 1.29 is 0 Å². The van der Waals surface area contributed by atoms with Crippen molar-refractivity contribution in [1.29, 1.82) is 5.26 Å². The van der Waals surface area contributed by atoms with E-state index in [1.165, 1.54) is 4.68 Å². The Kier molecular flexibility index (Phi) is 1.83. The van der Waals surface area contributed by atoms with Gasteiger partial charge in [-0.3, -0.25) is 14.6 Å². The topological polar surface area (TPSA) is 61.6 Å². The van der Waals surface area contributed by atoms with Crippen molar-refractivity contribution in [2.45, 2.75) is 0 Å². The van der Waals surface area contributed by atoms with Crippen molar-refractivity contribution in [2.75, 3.05) is 0 Å². The number of nitrogens with one attached hydrogen (secondary N) is 1. The zero-order valence-corrected chi connectivity index (χ0v) is 8.09. The fourth-order valence-electron chi connectivity index (χ4n) is 1.38. The fraction of sp³-hybridized carbons (Fsp3) is 0.111. The van der Waals surface area contributed by atoms with E-state index in [1.54, 1.807) is 19.2 Å². The summed E-state index contributed by atoms with van der Waals surface area (Å²) in [5, 5.41) is 12.5. The number of rotatable bonds is 0. The molecular formula is C9H6ClN3O. The maximum Gasteiger partial charge on any atom is 0.274 e. The minimum atomic E-state index is -0.159. The van der Waals surface area contributed by atoms with Crippen LogP contribution in [0.5, 0.6) is 0 Å². The predicted octanol–water partition coefficient (Wildman–Crippen LogP) is 1.39.